The Kier molecular flexibility index (Phi) is 9.00. The molecule has 1 heterocycles. The number of carbonyl (C=O) groups excluding carboxylic acids is 2. The number of anilines is 1. The molecule has 3 rings (SSSR count). The van der Waals surface area contributed by atoms with Crippen LogP contribution in [0.4, 0.5) is 15.8 Å². The van der Waals surface area contributed by atoms with Gasteiger partial charge in [0.15, 0.2) is 5.78 Å². The minimum absolute atomic E-state index is 0.0664. The molecule has 1 unspecified atom stereocenters. The monoisotopic (exact) mass is 587 g/mol. The van der Waals surface area contributed by atoms with Gasteiger partial charge in [-0.2, -0.15) is 0 Å². The molecule has 1 amide bonds. The number of nitrogens with one attached hydrogen (secondary N) is 2. The number of hydrogen-bond donors (Lipinski definition) is 3. The molecule has 0 saturated heterocycles. The Morgan fingerprint density at radius 1 is 1.32 bits per heavy atom. The lowest BCUT2D eigenvalue weighted by Crippen LogP contribution is -2.47. The number of sulfonamides is 1. The predicted molar refractivity (Wildman–Crippen MR) is 157 cm³/mol. The van der Waals surface area contributed by atoms with Gasteiger partial charge >= 0.3 is 0 Å². The van der Waals surface area contributed by atoms with Crippen LogP contribution in [0.3, 0.4) is 0 Å². The van der Waals surface area contributed by atoms with Gasteiger partial charge in [-0.1, -0.05) is 29.8 Å². The van der Waals surface area contributed by atoms with Crippen LogP contribution in [0, 0.1) is 5.41 Å². The van der Waals surface area contributed by atoms with E-state index in [1.165, 1.54) is 31.2 Å². The second-order valence-corrected chi connectivity index (χ2v) is 11.8. The average molecular weight is 588 g/mol. The molecule has 9 nitrogen and oxygen atoms in total. The van der Waals surface area contributed by atoms with E-state index in [4.69, 9.17) is 22.7 Å². The quantitative estimate of drug-likeness (QED) is 0.163. The van der Waals surface area contributed by atoms with Crippen molar-refractivity contribution in [2.45, 2.75) is 46.2 Å². The predicted octanol–water partition coefficient (Wildman–Crippen LogP) is 4.84. The molecule has 4 N–H and O–H groups in total. The van der Waals surface area contributed by atoms with Crippen LogP contribution in [0.1, 0.15) is 39.7 Å². The molecule has 212 valence electrons. The number of benzene rings is 1. The van der Waals surface area contributed by atoms with Crippen molar-refractivity contribution in [1.82, 2.24) is 9.62 Å². The van der Waals surface area contributed by atoms with Crippen LogP contribution >= 0.6 is 11.6 Å². The number of hydrogen-bond acceptors (Lipinski definition) is 8. The van der Waals surface area contributed by atoms with Crippen molar-refractivity contribution in [1.29, 1.82) is 5.41 Å². The second-order valence-electron chi connectivity index (χ2n) is 9.69. The Bertz CT molecular complexity index is 1590. The molecule has 0 aromatic heterocycles. The third kappa shape index (κ3) is 6.15. The number of aliphatic imine (C=N–C) groups is 1. The minimum atomic E-state index is -4.02. The maximum absolute atomic E-state index is 15.2. The van der Waals surface area contributed by atoms with Gasteiger partial charge < -0.3 is 16.0 Å². The molecule has 0 spiro atoms. The number of nitrogens with zero attached hydrogens (tertiary/aromatic N) is 2. The molecule has 12 heteroatoms. The van der Waals surface area contributed by atoms with Gasteiger partial charge in [0.2, 0.25) is 10.0 Å². The molecule has 0 fully saturated rings. The van der Waals surface area contributed by atoms with Gasteiger partial charge in [-0.05, 0) is 62.6 Å². The van der Waals surface area contributed by atoms with E-state index in [-0.39, 0.29) is 34.8 Å². The number of nitrogens with two attached hydrogens (primary N) is 1. The normalized spacial score (nSPS) is 19.9. The Morgan fingerprint density at radius 2 is 2.00 bits per heavy atom. The Balaban J connectivity index is 2.42. The summed E-state index contributed by atoms with van der Waals surface area (Å²) in [4.78, 5) is 32.5. The Labute approximate surface area is 238 Å². The summed E-state index contributed by atoms with van der Waals surface area (Å²) in [5, 5.41) is 7.53. The van der Waals surface area contributed by atoms with E-state index in [9.17, 15) is 18.0 Å². The van der Waals surface area contributed by atoms with Crippen molar-refractivity contribution >= 4 is 57.1 Å². The van der Waals surface area contributed by atoms with Gasteiger partial charge in [-0.3, -0.25) is 14.6 Å². The smallest absolute Gasteiger partial charge is 0.281 e. The molecule has 0 bridgehead atoms. The average Bonchev–Trinajstić information content (AvgIpc) is 3.06. The zero-order valence-electron chi connectivity index (χ0n) is 22.8. The highest BCUT2D eigenvalue weighted by Gasteiger charge is 2.51. The SMILES string of the molecule is CC=Nc1cc(CN2C(C(=O)NS(C)(=O)=O)=C(/C(=C/C=C\C=N)C(C)=O)C3=CC(C)=C(F)CC32C)c(Cl)cc1N. The molecular formula is C28H31ClFN5O4S. The molecule has 1 aliphatic heterocycles. The molecule has 1 aromatic carbocycles. The van der Waals surface area contributed by atoms with Crippen LogP contribution in [0.25, 0.3) is 0 Å². The highest BCUT2D eigenvalue weighted by Crippen LogP contribution is 2.52. The molecule has 0 radical (unpaired) electrons. The zero-order valence-corrected chi connectivity index (χ0v) is 24.4. The maximum Gasteiger partial charge on any atom is 0.281 e. The number of rotatable bonds is 9. The number of halogens is 2. The van der Waals surface area contributed by atoms with Crippen molar-refractivity contribution < 1.29 is 22.4 Å². The summed E-state index contributed by atoms with van der Waals surface area (Å²) in [6.45, 7) is 6.26. The van der Waals surface area contributed by atoms with Gasteiger partial charge in [0, 0.05) is 41.6 Å². The van der Waals surface area contributed by atoms with Crippen LogP contribution in [-0.4, -0.2) is 49.2 Å². The first-order valence-electron chi connectivity index (χ1n) is 12.2. The second kappa shape index (κ2) is 11.7. The molecule has 1 aromatic rings. The summed E-state index contributed by atoms with van der Waals surface area (Å²) >= 11 is 6.56. The Morgan fingerprint density at radius 3 is 2.58 bits per heavy atom. The van der Waals surface area contributed by atoms with Crippen molar-refractivity contribution in [2.75, 3.05) is 12.0 Å². The molecular weight excluding hydrogens is 557 g/mol. The van der Waals surface area contributed by atoms with Gasteiger partial charge in [-0.25, -0.2) is 17.5 Å². The van der Waals surface area contributed by atoms with E-state index in [1.54, 1.807) is 44.0 Å². The van der Waals surface area contributed by atoms with Gasteiger partial charge in [0.25, 0.3) is 5.91 Å². The standard InChI is InChI=1S/C28H31ClFN5O4S/c1-6-33-24-12-18(21(29)13-23(24)32)15-35-26(27(37)34-40(5,38)39)25(19(17(3)36)9-7-8-10-31)20-11-16(2)22(30)14-28(20,35)4/h6-13,31H,14-15,32H2,1-5H3,(H,34,37)/b8-7-,19-9+,31-10?,33-6?. The first kappa shape index (κ1) is 30.7. The third-order valence-electron chi connectivity index (χ3n) is 6.64. The molecule has 0 saturated carbocycles. The van der Waals surface area contributed by atoms with Crippen molar-refractivity contribution in [3.63, 3.8) is 0 Å². The minimum Gasteiger partial charge on any atom is -0.397 e. The van der Waals surface area contributed by atoms with E-state index in [0.29, 0.717) is 28.1 Å². The molecule has 2 aliphatic rings. The van der Waals surface area contributed by atoms with E-state index in [0.717, 1.165) is 12.5 Å². The first-order valence-corrected chi connectivity index (χ1v) is 14.5. The number of allylic oxidation sites excluding steroid dienone is 6. The number of Topliss-reactive ketones (excluding diaryl/α,β-unsaturated/α-hetero) is 1. The number of fused-ring (bicyclic) bond motifs is 1. The van der Waals surface area contributed by atoms with Crippen LogP contribution in [0.2, 0.25) is 5.02 Å². The lowest BCUT2D eigenvalue weighted by Gasteiger charge is -2.41. The Hall–Kier alpha value is -3.83. The highest BCUT2D eigenvalue weighted by atomic mass is 35.5. The fraction of sp³-hybridized carbons (Fsp3) is 0.286. The number of ketones is 1. The summed E-state index contributed by atoms with van der Waals surface area (Å²) in [6.07, 6.45) is 9.11. The summed E-state index contributed by atoms with van der Waals surface area (Å²) in [5.74, 6) is -1.83. The fourth-order valence-corrected chi connectivity index (χ4v) is 5.47. The number of carbonyl (C=O) groups is 2. The fourth-order valence-electron chi connectivity index (χ4n) is 4.80. The van der Waals surface area contributed by atoms with Crippen LogP contribution in [-0.2, 0) is 26.2 Å². The third-order valence-corrected chi connectivity index (χ3v) is 7.55. The summed E-state index contributed by atoms with van der Waals surface area (Å²) in [5.41, 5.74) is 7.00. The van der Waals surface area contributed by atoms with Gasteiger partial charge in [-0.15, -0.1) is 0 Å². The van der Waals surface area contributed by atoms with E-state index >= 15 is 4.39 Å². The lowest BCUT2D eigenvalue weighted by molar-refractivity contribution is -0.117. The van der Waals surface area contributed by atoms with Crippen molar-refractivity contribution in [3.05, 3.63) is 80.8 Å². The molecule has 40 heavy (non-hydrogen) atoms. The largest absolute Gasteiger partial charge is 0.397 e. The topological polar surface area (TPSA) is 146 Å². The lowest BCUT2D eigenvalue weighted by atomic mass is 9.78. The van der Waals surface area contributed by atoms with E-state index in [2.05, 4.69) is 4.99 Å². The first-order chi connectivity index (χ1) is 18.6. The maximum atomic E-state index is 15.2. The summed E-state index contributed by atoms with van der Waals surface area (Å²) < 4.78 is 41.6. The van der Waals surface area contributed by atoms with Gasteiger partial charge in [0.1, 0.15) is 11.5 Å². The molecule has 1 atom stereocenters. The van der Waals surface area contributed by atoms with E-state index in [1.807, 2.05) is 4.72 Å². The molecule has 1 aliphatic carbocycles. The summed E-state index contributed by atoms with van der Waals surface area (Å²) in [7, 11) is -4.02. The summed E-state index contributed by atoms with van der Waals surface area (Å²) in [6, 6.07) is 3.16. The van der Waals surface area contributed by atoms with Crippen molar-refractivity contribution in [2.24, 2.45) is 4.99 Å². The number of nitrogen functional groups attached to an aromatic ring is 1. The number of amides is 1. The zero-order chi connectivity index (χ0) is 30.0. The highest BCUT2D eigenvalue weighted by molar-refractivity contribution is 7.89. The van der Waals surface area contributed by atoms with Gasteiger partial charge in [0.05, 0.1) is 23.2 Å². The van der Waals surface area contributed by atoms with Crippen LogP contribution < -0.4 is 10.5 Å². The van der Waals surface area contributed by atoms with E-state index < -0.39 is 33.1 Å². The van der Waals surface area contributed by atoms with Crippen LogP contribution in [0.5, 0.6) is 0 Å². The van der Waals surface area contributed by atoms with Crippen molar-refractivity contribution in [3.8, 4) is 0 Å². The van der Waals surface area contributed by atoms with Crippen LogP contribution in [0.15, 0.2) is 75.2 Å².